The molecule has 0 aliphatic carbocycles. The topological polar surface area (TPSA) is 59.1 Å². The van der Waals surface area contributed by atoms with E-state index in [2.05, 4.69) is 14.1 Å². The van der Waals surface area contributed by atoms with E-state index in [1.165, 1.54) is 22.7 Å². The van der Waals surface area contributed by atoms with Crippen molar-refractivity contribution in [2.75, 3.05) is 14.1 Å². The van der Waals surface area contributed by atoms with Crippen LogP contribution in [0.3, 0.4) is 0 Å². The summed E-state index contributed by atoms with van der Waals surface area (Å²) in [6.45, 7) is 0. The maximum absolute atomic E-state index is 13.1. The van der Waals surface area contributed by atoms with Gasteiger partial charge < -0.3 is 36.0 Å². The van der Waals surface area contributed by atoms with E-state index in [0.717, 1.165) is 17.3 Å². The standard InChI is InChI=1S/C19H22NO4S2.BrH.ClH/c1-20(2)12-9-11(10-13(20)17-16(12)24-17)23-18(21)19(22,14-5-3-7-25-14)15-6-4-8-26-15;;/h3-8,11-13,16-17,22H,9-10H2,1-2H3;2*1H/q+1;;/p-1/t11?,12-,13+,16-,17+;;. The van der Waals surface area contributed by atoms with Gasteiger partial charge in [-0.2, -0.15) is 0 Å². The number of hydrogen-bond acceptors (Lipinski definition) is 6. The van der Waals surface area contributed by atoms with Gasteiger partial charge in [0.15, 0.2) is 0 Å². The number of halogens is 2. The molecular formula is C19H23BrClNO4S2. The smallest absolute Gasteiger partial charge is 0.349 e. The molecule has 5 rings (SSSR count). The van der Waals surface area contributed by atoms with Gasteiger partial charge in [0.25, 0.3) is 0 Å². The first-order chi connectivity index (χ1) is 12.4. The number of fused-ring (bicyclic) bond motifs is 5. The number of thiophene rings is 2. The lowest BCUT2D eigenvalue weighted by Crippen LogP contribution is -3.00. The first-order valence-corrected chi connectivity index (χ1v) is 10.7. The average molecular weight is 509 g/mol. The molecule has 5 heterocycles. The summed E-state index contributed by atoms with van der Waals surface area (Å²) in [5, 5.41) is 15.1. The Labute approximate surface area is 189 Å². The number of nitrogens with zero attached hydrogens (tertiary/aromatic N) is 1. The quantitative estimate of drug-likeness (QED) is 0.352. The van der Waals surface area contributed by atoms with E-state index < -0.39 is 11.6 Å². The number of piperidine rings is 1. The number of rotatable bonds is 4. The summed E-state index contributed by atoms with van der Waals surface area (Å²) < 4.78 is 12.6. The molecule has 2 aromatic heterocycles. The lowest BCUT2D eigenvalue weighted by molar-refractivity contribution is -0.938. The van der Waals surface area contributed by atoms with Gasteiger partial charge >= 0.3 is 5.97 Å². The predicted octanol–water partition coefficient (Wildman–Crippen LogP) is -0.229. The van der Waals surface area contributed by atoms with Crippen LogP contribution >= 0.6 is 35.1 Å². The van der Waals surface area contributed by atoms with E-state index in [1.54, 1.807) is 12.1 Å². The van der Waals surface area contributed by atoms with Gasteiger partial charge in [0.2, 0.25) is 5.60 Å². The summed E-state index contributed by atoms with van der Waals surface area (Å²) in [5.74, 6) is -0.561. The molecule has 2 bridgehead atoms. The number of likely N-dealkylation sites (N-methyl/N-ethyl adjacent to an activating group) is 1. The summed E-state index contributed by atoms with van der Waals surface area (Å²) >= 11 is 2.74. The van der Waals surface area contributed by atoms with Crippen LogP contribution in [0, 0.1) is 0 Å². The van der Waals surface area contributed by atoms with Crippen LogP contribution in [0.2, 0.25) is 0 Å². The fourth-order valence-electron chi connectivity index (χ4n) is 4.83. The van der Waals surface area contributed by atoms with Crippen molar-refractivity contribution in [2.24, 2.45) is 0 Å². The molecule has 5 nitrogen and oxygen atoms in total. The van der Waals surface area contributed by atoms with Crippen LogP contribution in [-0.2, 0) is 19.9 Å². The highest BCUT2D eigenvalue weighted by Gasteiger charge is 2.71. The van der Waals surface area contributed by atoms with Crippen LogP contribution in [0.5, 0.6) is 0 Å². The van der Waals surface area contributed by atoms with Gasteiger partial charge in [0, 0.05) is 12.8 Å². The van der Waals surface area contributed by atoms with Gasteiger partial charge in [-0.05, 0) is 22.9 Å². The van der Waals surface area contributed by atoms with Crippen LogP contribution in [0.1, 0.15) is 22.6 Å². The number of hydrogen-bond donors (Lipinski definition) is 1. The van der Waals surface area contributed by atoms with Crippen molar-refractivity contribution in [3.8, 4) is 0 Å². The van der Waals surface area contributed by atoms with Crippen molar-refractivity contribution in [3.63, 3.8) is 0 Å². The van der Waals surface area contributed by atoms with E-state index in [-0.39, 0.29) is 35.5 Å². The van der Waals surface area contributed by atoms with E-state index >= 15 is 0 Å². The summed E-state index contributed by atoms with van der Waals surface area (Å²) in [6.07, 6.45) is 2.05. The summed E-state index contributed by atoms with van der Waals surface area (Å²) in [7, 11) is 4.49. The van der Waals surface area contributed by atoms with Crippen LogP contribution in [-0.4, -0.2) is 60.0 Å². The SMILES string of the molecule is C[N+]1(C)[C@@H]2CC(OC(=O)C(O)(c3cccs3)c3cccs3)C[C@H]1[C@@H]1O[C@@H]12.Cl.[Br-]. The van der Waals surface area contributed by atoms with Gasteiger partial charge in [0.1, 0.15) is 30.4 Å². The number of carbonyl (C=O) groups is 1. The maximum Gasteiger partial charge on any atom is 0.349 e. The van der Waals surface area contributed by atoms with Gasteiger partial charge in [-0.1, -0.05) is 12.1 Å². The van der Waals surface area contributed by atoms with Crippen molar-refractivity contribution in [1.82, 2.24) is 0 Å². The van der Waals surface area contributed by atoms with E-state index in [9.17, 15) is 9.90 Å². The molecule has 0 saturated carbocycles. The second kappa shape index (κ2) is 7.65. The second-order valence-electron chi connectivity index (χ2n) is 7.99. The number of quaternary nitrogens is 1. The fourth-order valence-corrected chi connectivity index (χ4v) is 6.54. The van der Waals surface area contributed by atoms with Gasteiger partial charge in [-0.15, -0.1) is 35.1 Å². The minimum absolute atomic E-state index is 0. The molecule has 154 valence electrons. The van der Waals surface area contributed by atoms with Crippen molar-refractivity contribution < 1.29 is 40.8 Å². The zero-order valence-electron chi connectivity index (χ0n) is 15.5. The van der Waals surface area contributed by atoms with Crippen LogP contribution < -0.4 is 17.0 Å². The molecule has 0 spiro atoms. The zero-order chi connectivity index (χ0) is 18.1. The van der Waals surface area contributed by atoms with Crippen LogP contribution in [0.15, 0.2) is 35.0 Å². The fraction of sp³-hybridized carbons (Fsp3) is 0.526. The monoisotopic (exact) mass is 507 g/mol. The molecule has 0 aromatic carbocycles. The zero-order valence-corrected chi connectivity index (χ0v) is 19.5. The molecule has 9 heteroatoms. The number of morpholine rings is 1. The Balaban J connectivity index is 0.00000112. The third-order valence-corrected chi connectivity index (χ3v) is 8.32. The van der Waals surface area contributed by atoms with Crippen molar-refractivity contribution in [2.45, 2.75) is 48.8 Å². The maximum atomic E-state index is 13.1. The first-order valence-electron chi connectivity index (χ1n) is 8.92. The Bertz CT molecular complexity index is 775. The molecule has 5 atom stereocenters. The molecule has 3 saturated heterocycles. The molecule has 3 aliphatic heterocycles. The molecule has 0 amide bonds. The normalized spacial score (nSPS) is 31.9. The number of carbonyl (C=O) groups excluding carboxylic acids is 1. The highest BCUT2D eigenvalue weighted by molar-refractivity contribution is 7.12. The Hall–Kier alpha value is -0.480. The molecule has 1 unspecified atom stereocenters. The Morgan fingerprint density at radius 1 is 1.14 bits per heavy atom. The molecule has 0 radical (unpaired) electrons. The van der Waals surface area contributed by atoms with E-state index in [4.69, 9.17) is 9.47 Å². The molecule has 1 N–H and O–H groups in total. The minimum atomic E-state index is -1.72. The van der Waals surface area contributed by atoms with E-state index in [1.807, 2.05) is 22.9 Å². The summed E-state index contributed by atoms with van der Waals surface area (Å²) in [4.78, 5) is 14.3. The van der Waals surface area contributed by atoms with Crippen LogP contribution in [0.4, 0.5) is 0 Å². The second-order valence-corrected chi connectivity index (χ2v) is 9.89. The average Bonchev–Trinajstić information content (AvgIpc) is 2.98. The van der Waals surface area contributed by atoms with Crippen molar-refractivity contribution >= 4 is 41.0 Å². The number of esters is 1. The first kappa shape index (κ1) is 22.2. The molecule has 3 aliphatic rings. The van der Waals surface area contributed by atoms with Gasteiger partial charge in [-0.25, -0.2) is 4.79 Å². The molecular weight excluding hydrogens is 486 g/mol. The summed E-state index contributed by atoms with van der Waals surface area (Å²) in [5.41, 5.74) is -1.72. The summed E-state index contributed by atoms with van der Waals surface area (Å²) in [6, 6.07) is 8.01. The minimum Gasteiger partial charge on any atom is -1.00 e. The predicted molar refractivity (Wildman–Crippen MR) is 106 cm³/mol. The van der Waals surface area contributed by atoms with Crippen molar-refractivity contribution in [3.05, 3.63) is 44.8 Å². The number of epoxide rings is 1. The molecule has 28 heavy (non-hydrogen) atoms. The number of aliphatic hydroxyl groups is 1. The van der Waals surface area contributed by atoms with Gasteiger partial charge in [0.05, 0.1) is 23.8 Å². The lowest BCUT2D eigenvalue weighted by atomic mass is 9.95. The van der Waals surface area contributed by atoms with Crippen LogP contribution in [0.25, 0.3) is 0 Å². The van der Waals surface area contributed by atoms with E-state index in [0.29, 0.717) is 34.0 Å². The Morgan fingerprint density at radius 2 is 1.64 bits per heavy atom. The largest absolute Gasteiger partial charge is 1.00 e. The highest BCUT2D eigenvalue weighted by Crippen LogP contribution is 2.52. The number of ether oxygens (including phenoxy) is 2. The molecule has 3 fully saturated rings. The Morgan fingerprint density at radius 3 is 2.07 bits per heavy atom. The third-order valence-electron chi connectivity index (χ3n) is 6.36. The third kappa shape index (κ3) is 3.17. The lowest BCUT2D eigenvalue weighted by Gasteiger charge is -2.45. The van der Waals surface area contributed by atoms with Gasteiger partial charge in [-0.3, -0.25) is 0 Å². The molecule has 2 aromatic rings. The van der Waals surface area contributed by atoms with Crippen molar-refractivity contribution in [1.29, 1.82) is 0 Å². The highest BCUT2D eigenvalue weighted by atomic mass is 79.9. The Kier molecular flexibility index (Phi) is 6.07.